The summed E-state index contributed by atoms with van der Waals surface area (Å²) < 4.78 is 5.06. The van der Waals surface area contributed by atoms with Gasteiger partial charge in [-0.1, -0.05) is 19.8 Å². The number of carbonyl (C=O) groups excluding carboxylic acids is 1. The zero-order valence-corrected chi connectivity index (χ0v) is 12.2. The molecule has 4 nitrogen and oxygen atoms in total. The Morgan fingerprint density at radius 3 is 2.75 bits per heavy atom. The van der Waals surface area contributed by atoms with Gasteiger partial charge in [-0.3, -0.25) is 4.79 Å². The van der Waals surface area contributed by atoms with Crippen LogP contribution >= 0.6 is 0 Å². The van der Waals surface area contributed by atoms with E-state index >= 15 is 0 Å². The van der Waals surface area contributed by atoms with Crippen LogP contribution in [-0.2, 0) is 0 Å². The molecule has 1 aromatic rings. The summed E-state index contributed by atoms with van der Waals surface area (Å²) in [5, 5.41) is 13.3. The van der Waals surface area contributed by atoms with Crippen LogP contribution in [0.15, 0.2) is 24.3 Å². The number of nitrogens with one attached hydrogen (secondary N) is 1. The summed E-state index contributed by atoms with van der Waals surface area (Å²) in [6.45, 7) is 2.47. The number of aliphatic hydroxyl groups is 1. The first-order chi connectivity index (χ1) is 9.52. The van der Waals surface area contributed by atoms with Gasteiger partial charge in [-0.15, -0.1) is 0 Å². The first kappa shape index (κ1) is 14.9. The minimum atomic E-state index is -0.750. The molecule has 0 saturated heterocycles. The lowest BCUT2D eigenvalue weighted by molar-refractivity contribution is -0.0109. The van der Waals surface area contributed by atoms with Crippen molar-refractivity contribution in [1.29, 1.82) is 0 Å². The minimum Gasteiger partial charge on any atom is -0.497 e. The molecule has 1 fully saturated rings. The molecule has 1 aliphatic carbocycles. The zero-order valence-electron chi connectivity index (χ0n) is 12.2. The van der Waals surface area contributed by atoms with Gasteiger partial charge >= 0.3 is 0 Å². The van der Waals surface area contributed by atoms with E-state index < -0.39 is 5.60 Å². The smallest absolute Gasteiger partial charge is 0.251 e. The molecule has 0 aliphatic heterocycles. The molecule has 0 aromatic heterocycles. The number of carbonyl (C=O) groups is 1. The maximum absolute atomic E-state index is 12.0. The Balaban J connectivity index is 1.90. The summed E-state index contributed by atoms with van der Waals surface area (Å²) >= 11 is 0. The first-order valence-electron chi connectivity index (χ1n) is 7.17. The standard InChI is InChI=1S/C16H23NO3/c1-12-4-3-9-16(19,10-12)11-17-15(18)13-5-7-14(20-2)8-6-13/h5-8,12,19H,3-4,9-11H2,1-2H3,(H,17,18). The van der Waals surface area contributed by atoms with Crippen LogP contribution in [0.1, 0.15) is 43.0 Å². The average molecular weight is 277 g/mol. The van der Waals surface area contributed by atoms with Crippen molar-refractivity contribution in [1.82, 2.24) is 5.32 Å². The lowest BCUT2D eigenvalue weighted by atomic mass is 9.79. The van der Waals surface area contributed by atoms with E-state index in [4.69, 9.17) is 4.74 Å². The van der Waals surface area contributed by atoms with Crippen LogP contribution in [0.5, 0.6) is 5.75 Å². The molecule has 0 radical (unpaired) electrons. The highest BCUT2D eigenvalue weighted by atomic mass is 16.5. The van der Waals surface area contributed by atoms with Crippen molar-refractivity contribution in [3.63, 3.8) is 0 Å². The van der Waals surface area contributed by atoms with Crippen molar-refractivity contribution >= 4 is 5.91 Å². The third-order valence-corrected chi connectivity index (χ3v) is 4.00. The molecule has 2 N–H and O–H groups in total. The number of ether oxygens (including phenoxy) is 1. The van der Waals surface area contributed by atoms with Crippen molar-refractivity contribution in [2.45, 2.75) is 38.2 Å². The number of benzene rings is 1. The summed E-state index contributed by atoms with van der Waals surface area (Å²) in [5.41, 5.74) is -0.168. The maximum Gasteiger partial charge on any atom is 0.251 e. The van der Waals surface area contributed by atoms with Gasteiger partial charge in [0.25, 0.3) is 5.91 Å². The number of methoxy groups -OCH3 is 1. The number of rotatable bonds is 4. The summed E-state index contributed by atoms with van der Waals surface area (Å²) in [6, 6.07) is 6.96. The van der Waals surface area contributed by atoms with Crippen LogP contribution < -0.4 is 10.1 Å². The monoisotopic (exact) mass is 277 g/mol. The third-order valence-electron chi connectivity index (χ3n) is 4.00. The lowest BCUT2D eigenvalue weighted by Crippen LogP contribution is -2.45. The Kier molecular flexibility index (Phi) is 4.65. The van der Waals surface area contributed by atoms with Crippen molar-refractivity contribution in [2.24, 2.45) is 5.92 Å². The summed E-state index contributed by atoms with van der Waals surface area (Å²) in [4.78, 5) is 12.0. The Morgan fingerprint density at radius 2 is 2.15 bits per heavy atom. The molecule has 1 aliphatic rings. The molecular formula is C16H23NO3. The predicted octanol–water partition coefficient (Wildman–Crippen LogP) is 2.37. The van der Waals surface area contributed by atoms with E-state index in [9.17, 15) is 9.90 Å². The summed E-state index contributed by atoms with van der Waals surface area (Å²) in [6.07, 6.45) is 3.71. The van der Waals surface area contributed by atoms with Crippen molar-refractivity contribution in [2.75, 3.05) is 13.7 Å². The highest BCUT2D eigenvalue weighted by Gasteiger charge is 2.32. The van der Waals surface area contributed by atoms with E-state index in [0.29, 0.717) is 18.0 Å². The van der Waals surface area contributed by atoms with Crippen LogP contribution in [0.4, 0.5) is 0 Å². The second-order valence-corrected chi connectivity index (χ2v) is 5.84. The number of amides is 1. The molecule has 1 amide bonds. The second kappa shape index (κ2) is 6.27. The first-order valence-corrected chi connectivity index (χ1v) is 7.17. The third kappa shape index (κ3) is 3.73. The van der Waals surface area contributed by atoms with Gasteiger partial charge < -0.3 is 15.2 Å². The Morgan fingerprint density at radius 1 is 1.45 bits per heavy atom. The molecule has 110 valence electrons. The Labute approximate surface area is 120 Å². The van der Waals surface area contributed by atoms with Crippen molar-refractivity contribution in [3.05, 3.63) is 29.8 Å². The van der Waals surface area contributed by atoms with Crippen molar-refractivity contribution < 1.29 is 14.6 Å². The number of hydrogen-bond acceptors (Lipinski definition) is 3. The maximum atomic E-state index is 12.0. The average Bonchev–Trinajstić information content (AvgIpc) is 2.45. The van der Waals surface area contributed by atoms with Gasteiger partial charge in [0.15, 0.2) is 0 Å². The van der Waals surface area contributed by atoms with Crippen LogP contribution in [0.25, 0.3) is 0 Å². The highest BCUT2D eigenvalue weighted by Crippen LogP contribution is 2.31. The van der Waals surface area contributed by atoms with Crippen LogP contribution in [0, 0.1) is 5.92 Å². The normalized spacial score (nSPS) is 26.1. The molecule has 20 heavy (non-hydrogen) atoms. The van der Waals surface area contributed by atoms with E-state index in [-0.39, 0.29) is 5.91 Å². The second-order valence-electron chi connectivity index (χ2n) is 5.84. The summed E-state index contributed by atoms with van der Waals surface area (Å²) in [5.74, 6) is 1.09. The van der Waals surface area contributed by atoms with Gasteiger partial charge in [-0.2, -0.15) is 0 Å². The van der Waals surface area contributed by atoms with E-state index in [2.05, 4.69) is 12.2 Å². The van der Waals surface area contributed by atoms with E-state index in [0.717, 1.165) is 31.4 Å². The molecule has 0 spiro atoms. The highest BCUT2D eigenvalue weighted by molar-refractivity contribution is 5.94. The molecule has 0 bridgehead atoms. The molecule has 2 rings (SSSR count). The van der Waals surface area contributed by atoms with Gasteiger partial charge in [-0.05, 0) is 43.0 Å². The predicted molar refractivity (Wildman–Crippen MR) is 77.9 cm³/mol. The van der Waals surface area contributed by atoms with Gasteiger partial charge in [0.1, 0.15) is 5.75 Å². The van der Waals surface area contributed by atoms with Crippen LogP contribution in [0.2, 0.25) is 0 Å². The van der Waals surface area contributed by atoms with Crippen LogP contribution in [-0.4, -0.2) is 30.3 Å². The van der Waals surface area contributed by atoms with E-state index in [1.807, 2.05) is 0 Å². The lowest BCUT2D eigenvalue weighted by Gasteiger charge is -2.35. The molecular weight excluding hydrogens is 254 g/mol. The van der Waals surface area contributed by atoms with E-state index in [1.54, 1.807) is 31.4 Å². The van der Waals surface area contributed by atoms with E-state index in [1.165, 1.54) is 0 Å². The summed E-state index contributed by atoms with van der Waals surface area (Å²) in [7, 11) is 1.59. The molecule has 1 aromatic carbocycles. The van der Waals surface area contributed by atoms with Gasteiger partial charge in [-0.25, -0.2) is 0 Å². The quantitative estimate of drug-likeness (QED) is 0.888. The largest absolute Gasteiger partial charge is 0.497 e. The molecule has 2 unspecified atom stereocenters. The van der Waals surface area contributed by atoms with Gasteiger partial charge in [0, 0.05) is 12.1 Å². The van der Waals surface area contributed by atoms with Gasteiger partial charge in [0.05, 0.1) is 12.7 Å². The minimum absolute atomic E-state index is 0.153. The molecule has 1 saturated carbocycles. The fraction of sp³-hybridized carbons (Fsp3) is 0.562. The van der Waals surface area contributed by atoms with Crippen LogP contribution in [0.3, 0.4) is 0 Å². The Hall–Kier alpha value is -1.55. The fourth-order valence-electron chi connectivity index (χ4n) is 2.88. The molecule has 4 heteroatoms. The van der Waals surface area contributed by atoms with Gasteiger partial charge in [0.2, 0.25) is 0 Å². The number of hydrogen-bond donors (Lipinski definition) is 2. The fourth-order valence-corrected chi connectivity index (χ4v) is 2.88. The van der Waals surface area contributed by atoms with Crippen molar-refractivity contribution in [3.8, 4) is 5.75 Å². The Bertz CT molecular complexity index is 457. The molecule has 0 heterocycles. The zero-order chi connectivity index (χ0) is 14.6. The molecule has 2 atom stereocenters. The topological polar surface area (TPSA) is 58.6 Å². The SMILES string of the molecule is COc1ccc(C(=O)NCC2(O)CCCC(C)C2)cc1.